The van der Waals surface area contributed by atoms with Crippen LogP contribution in [0.1, 0.15) is 0 Å². The predicted octanol–water partition coefficient (Wildman–Crippen LogP) is 1.25. The number of esters is 2. The molecule has 0 heterocycles. The van der Waals surface area contributed by atoms with Gasteiger partial charge in [0.25, 0.3) is 0 Å². The normalized spacial score (nSPS) is 8.14. The van der Waals surface area contributed by atoms with Crippen molar-refractivity contribution in [1.29, 1.82) is 0 Å². The first-order valence-electron chi connectivity index (χ1n) is 3.69. The van der Waals surface area contributed by atoms with Gasteiger partial charge in [-0.1, -0.05) is 25.3 Å². The van der Waals surface area contributed by atoms with Crippen LogP contribution in [0, 0.1) is 0 Å². The summed E-state index contributed by atoms with van der Waals surface area (Å²) in [6, 6.07) is 0. The van der Waals surface area contributed by atoms with Crippen molar-refractivity contribution < 1.29 is 19.1 Å². The van der Waals surface area contributed by atoms with Gasteiger partial charge in [0.1, 0.15) is 0 Å². The van der Waals surface area contributed by atoms with Crippen LogP contribution in [0.3, 0.4) is 0 Å². The molecule has 0 aromatic heterocycles. The Morgan fingerprint density at radius 2 is 1.21 bits per heavy atom. The molecule has 0 aromatic rings. The second-order valence-corrected chi connectivity index (χ2v) is 1.85. The van der Waals surface area contributed by atoms with E-state index >= 15 is 0 Å². The van der Waals surface area contributed by atoms with Gasteiger partial charge in [-0.05, 0) is 0 Å². The fourth-order valence-electron chi connectivity index (χ4n) is 0.272. The molecule has 0 aliphatic carbocycles. The quantitative estimate of drug-likeness (QED) is 0.389. The molecule has 0 rings (SSSR count). The number of ether oxygens (including phenoxy) is 2. The fraction of sp³-hybridized carbons (Fsp3) is 0.200. The molecule has 0 aliphatic rings. The number of hydrogen-bond acceptors (Lipinski definition) is 4. The summed E-state index contributed by atoms with van der Waals surface area (Å²) < 4.78 is 8.42. The third-order valence-electron chi connectivity index (χ3n) is 0.925. The van der Waals surface area contributed by atoms with E-state index in [2.05, 4.69) is 22.6 Å². The van der Waals surface area contributed by atoms with Crippen LogP contribution >= 0.6 is 0 Å². The molecule has 14 heavy (non-hydrogen) atoms. The van der Waals surface area contributed by atoms with Gasteiger partial charge in [-0.15, -0.1) is 0 Å². The van der Waals surface area contributed by atoms with Crippen molar-refractivity contribution in [3.63, 3.8) is 0 Å². The van der Waals surface area contributed by atoms with Crippen LogP contribution in [0.5, 0.6) is 0 Å². The van der Waals surface area contributed by atoms with E-state index in [1.807, 2.05) is 0 Å². The average Bonchev–Trinajstić information content (AvgIpc) is 2.25. The van der Waals surface area contributed by atoms with Crippen molar-refractivity contribution >= 4 is 11.9 Å². The highest BCUT2D eigenvalue weighted by Gasteiger charge is 1.94. The minimum absolute atomic E-state index is 0.578. The van der Waals surface area contributed by atoms with Crippen molar-refractivity contribution in [1.82, 2.24) is 0 Å². The molecule has 0 N–H and O–H groups in total. The lowest BCUT2D eigenvalue weighted by molar-refractivity contribution is -0.137. The van der Waals surface area contributed by atoms with Gasteiger partial charge in [-0.3, -0.25) is 0 Å². The van der Waals surface area contributed by atoms with Crippen LogP contribution in [0.15, 0.2) is 37.5 Å². The molecule has 0 atom stereocenters. The van der Waals surface area contributed by atoms with E-state index in [4.69, 9.17) is 0 Å². The standard InChI is InChI=1S/C6H8O4.C4H6/c1-9-5(7)3-4-6(8)10-2;1-3-4-2/h3-4H,1-2H3;3-4H,1-2H2/b4-3-;. The molecule has 0 radical (unpaired) electrons. The zero-order chi connectivity index (χ0) is 11.4. The highest BCUT2D eigenvalue weighted by Crippen LogP contribution is 1.80. The van der Waals surface area contributed by atoms with E-state index in [1.165, 1.54) is 14.2 Å². The minimum atomic E-state index is -0.578. The van der Waals surface area contributed by atoms with Gasteiger partial charge >= 0.3 is 11.9 Å². The van der Waals surface area contributed by atoms with Gasteiger partial charge in [-0.2, -0.15) is 0 Å². The number of carbonyl (C=O) groups excluding carboxylic acids is 2. The second kappa shape index (κ2) is 11.2. The van der Waals surface area contributed by atoms with E-state index in [9.17, 15) is 9.59 Å². The molecule has 0 saturated heterocycles. The van der Waals surface area contributed by atoms with E-state index in [-0.39, 0.29) is 0 Å². The molecule has 0 aromatic carbocycles. The Kier molecular flexibility index (Phi) is 11.7. The molecule has 0 saturated carbocycles. The van der Waals surface area contributed by atoms with E-state index < -0.39 is 11.9 Å². The van der Waals surface area contributed by atoms with Crippen molar-refractivity contribution in [2.75, 3.05) is 14.2 Å². The van der Waals surface area contributed by atoms with Crippen molar-refractivity contribution in [3.8, 4) is 0 Å². The van der Waals surface area contributed by atoms with E-state index in [0.717, 1.165) is 12.2 Å². The Balaban J connectivity index is 0. The molecule has 4 nitrogen and oxygen atoms in total. The van der Waals surface area contributed by atoms with Crippen molar-refractivity contribution in [3.05, 3.63) is 37.5 Å². The summed E-state index contributed by atoms with van der Waals surface area (Å²) in [6.45, 7) is 6.72. The maximum atomic E-state index is 10.3. The van der Waals surface area contributed by atoms with Gasteiger partial charge < -0.3 is 9.47 Å². The third-order valence-corrected chi connectivity index (χ3v) is 0.925. The van der Waals surface area contributed by atoms with Gasteiger partial charge in [0.2, 0.25) is 0 Å². The monoisotopic (exact) mass is 198 g/mol. The third kappa shape index (κ3) is 12.8. The first-order chi connectivity index (χ1) is 6.62. The molecule has 78 valence electrons. The highest BCUT2D eigenvalue weighted by molar-refractivity contribution is 5.91. The summed E-state index contributed by atoms with van der Waals surface area (Å²) in [5, 5.41) is 0. The maximum Gasteiger partial charge on any atom is 0.330 e. The van der Waals surface area contributed by atoms with E-state index in [0.29, 0.717) is 0 Å². The fourth-order valence-corrected chi connectivity index (χ4v) is 0.272. The van der Waals surface area contributed by atoms with Crippen molar-refractivity contribution in [2.45, 2.75) is 0 Å². The zero-order valence-corrected chi connectivity index (χ0v) is 8.36. The van der Waals surface area contributed by atoms with Crippen molar-refractivity contribution in [2.24, 2.45) is 0 Å². The number of methoxy groups -OCH3 is 2. The molecule has 0 spiro atoms. The molecular weight excluding hydrogens is 184 g/mol. The van der Waals surface area contributed by atoms with Crippen LogP contribution < -0.4 is 0 Å². The van der Waals surface area contributed by atoms with Crippen LogP contribution in [0.4, 0.5) is 0 Å². The van der Waals surface area contributed by atoms with Gasteiger partial charge in [0.15, 0.2) is 0 Å². The zero-order valence-electron chi connectivity index (χ0n) is 8.36. The lowest BCUT2D eigenvalue weighted by Gasteiger charge is -1.89. The van der Waals surface area contributed by atoms with Crippen LogP contribution in [0.2, 0.25) is 0 Å². The summed E-state index contributed by atoms with van der Waals surface area (Å²) in [5.41, 5.74) is 0. The Hall–Kier alpha value is -1.84. The molecule has 0 unspecified atom stereocenters. The van der Waals surface area contributed by atoms with Crippen LogP contribution in [-0.2, 0) is 19.1 Å². The minimum Gasteiger partial charge on any atom is -0.466 e. The second-order valence-electron chi connectivity index (χ2n) is 1.85. The van der Waals surface area contributed by atoms with Crippen LogP contribution in [0.25, 0.3) is 0 Å². The first-order valence-corrected chi connectivity index (χ1v) is 3.69. The maximum absolute atomic E-state index is 10.3. The van der Waals surface area contributed by atoms with E-state index in [1.54, 1.807) is 12.2 Å². The lowest BCUT2D eigenvalue weighted by Crippen LogP contribution is -1.98. The van der Waals surface area contributed by atoms with Crippen LogP contribution in [-0.4, -0.2) is 26.2 Å². The predicted molar refractivity (Wildman–Crippen MR) is 53.6 cm³/mol. The van der Waals surface area contributed by atoms with Gasteiger partial charge in [-0.25, -0.2) is 9.59 Å². The average molecular weight is 198 g/mol. The Morgan fingerprint density at radius 1 is 0.929 bits per heavy atom. The molecule has 0 fully saturated rings. The number of hydrogen-bond donors (Lipinski definition) is 0. The summed E-state index contributed by atoms with van der Waals surface area (Å²) in [5.74, 6) is -1.16. The number of carbonyl (C=O) groups is 2. The van der Waals surface area contributed by atoms with Gasteiger partial charge in [0, 0.05) is 12.2 Å². The Labute approximate surface area is 83.5 Å². The Morgan fingerprint density at radius 3 is 1.36 bits per heavy atom. The Bertz CT molecular complexity index is 204. The molecule has 0 aliphatic heterocycles. The summed E-state index contributed by atoms with van der Waals surface area (Å²) in [7, 11) is 2.45. The highest BCUT2D eigenvalue weighted by atomic mass is 16.5. The summed E-state index contributed by atoms with van der Waals surface area (Å²) in [6.07, 6.45) is 5.26. The largest absolute Gasteiger partial charge is 0.466 e. The molecular formula is C10H14O4. The molecule has 0 bridgehead atoms. The topological polar surface area (TPSA) is 52.6 Å². The lowest BCUT2D eigenvalue weighted by atomic mass is 10.5. The molecule has 0 amide bonds. The SMILES string of the molecule is C=CC=C.COC(=O)/C=C\C(=O)OC. The smallest absolute Gasteiger partial charge is 0.330 e. The first kappa shape index (κ1) is 14.7. The number of rotatable bonds is 3. The summed E-state index contributed by atoms with van der Waals surface area (Å²) >= 11 is 0. The molecule has 4 heteroatoms. The number of allylic oxidation sites excluding steroid dienone is 2. The summed E-state index contributed by atoms with van der Waals surface area (Å²) in [4.78, 5) is 20.6. The van der Waals surface area contributed by atoms with Gasteiger partial charge in [0.05, 0.1) is 14.2 Å².